The van der Waals surface area contributed by atoms with Crippen LogP contribution in [0.4, 0.5) is 4.39 Å². The monoisotopic (exact) mass is 247 g/mol. The lowest BCUT2D eigenvalue weighted by Crippen LogP contribution is -2.21. The van der Waals surface area contributed by atoms with Crippen molar-refractivity contribution in [2.75, 3.05) is 0 Å². The molecular weight excluding hydrogens is 233 g/mol. The Labute approximate surface area is 105 Å². The van der Waals surface area contributed by atoms with E-state index in [1.165, 1.54) is 18.2 Å². The van der Waals surface area contributed by atoms with Gasteiger partial charge in [0.05, 0.1) is 0 Å². The van der Waals surface area contributed by atoms with Crippen LogP contribution in [0.2, 0.25) is 0 Å². The van der Waals surface area contributed by atoms with Crippen molar-refractivity contribution in [1.82, 2.24) is 0 Å². The topological polar surface area (TPSA) is 38.7 Å². The summed E-state index contributed by atoms with van der Waals surface area (Å²) in [4.78, 5) is 15.8. The highest BCUT2D eigenvalue weighted by Gasteiger charge is 2.31. The molecular formula is C14H14FNO2. The molecule has 0 aliphatic carbocycles. The average molecular weight is 247 g/mol. The molecule has 0 unspecified atom stereocenters. The number of cyclic esters (lactones) is 1. The molecule has 0 aromatic heterocycles. The number of hydrogen-bond donors (Lipinski definition) is 0. The van der Waals surface area contributed by atoms with Crippen molar-refractivity contribution >= 4 is 17.9 Å². The molecule has 0 N–H and O–H groups in total. The third-order valence-electron chi connectivity index (χ3n) is 2.41. The molecule has 0 bridgehead atoms. The van der Waals surface area contributed by atoms with Gasteiger partial charge in [-0.05, 0) is 23.8 Å². The molecule has 94 valence electrons. The van der Waals surface area contributed by atoms with Crippen LogP contribution in [0.3, 0.4) is 0 Å². The minimum Gasteiger partial charge on any atom is -0.406 e. The fourth-order valence-electron chi connectivity index (χ4n) is 1.48. The number of ether oxygens (including phenoxy) is 1. The number of nitrogens with zero attached hydrogens (tertiary/aromatic N) is 1. The van der Waals surface area contributed by atoms with E-state index in [4.69, 9.17) is 4.74 Å². The van der Waals surface area contributed by atoms with Crippen molar-refractivity contribution in [3.8, 4) is 0 Å². The number of rotatable bonds is 1. The molecule has 0 spiro atoms. The standard InChI is InChI=1S/C14H14FNO2/c1-14(2,3)13-16-11(12(17)18-13)8-9-5-4-6-10(15)7-9/h4-8H,1-3H3/b11-8+. The average Bonchev–Trinajstić information content (AvgIpc) is 2.60. The number of halogens is 1. The van der Waals surface area contributed by atoms with Crippen molar-refractivity contribution in [3.63, 3.8) is 0 Å². The summed E-state index contributed by atoms with van der Waals surface area (Å²) in [5, 5.41) is 0. The van der Waals surface area contributed by atoms with Crippen LogP contribution in [0, 0.1) is 11.2 Å². The van der Waals surface area contributed by atoms with E-state index in [1.54, 1.807) is 12.1 Å². The molecule has 1 aliphatic rings. The van der Waals surface area contributed by atoms with Gasteiger partial charge in [0.25, 0.3) is 0 Å². The third-order valence-corrected chi connectivity index (χ3v) is 2.41. The van der Waals surface area contributed by atoms with E-state index >= 15 is 0 Å². The first-order chi connectivity index (χ1) is 8.36. The summed E-state index contributed by atoms with van der Waals surface area (Å²) in [7, 11) is 0. The van der Waals surface area contributed by atoms with E-state index in [1.807, 2.05) is 20.8 Å². The smallest absolute Gasteiger partial charge is 0.363 e. The molecule has 3 nitrogen and oxygen atoms in total. The minimum atomic E-state index is -0.496. The van der Waals surface area contributed by atoms with Gasteiger partial charge in [0, 0.05) is 5.41 Å². The lowest BCUT2D eigenvalue weighted by molar-refractivity contribution is -0.130. The van der Waals surface area contributed by atoms with Crippen LogP contribution < -0.4 is 0 Å². The van der Waals surface area contributed by atoms with E-state index in [9.17, 15) is 9.18 Å². The summed E-state index contributed by atoms with van der Waals surface area (Å²) in [5.74, 6) is -0.463. The second-order valence-corrected chi connectivity index (χ2v) is 5.14. The summed E-state index contributed by atoms with van der Waals surface area (Å²) in [6.45, 7) is 5.72. The molecule has 4 heteroatoms. The van der Waals surface area contributed by atoms with Gasteiger partial charge in [-0.2, -0.15) is 0 Å². The summed E-state index contributed by atoms with van der Waals surface area (Å²) in [6, 6.07) is 5.97. The Bertz CT molecular complexity index is 553. The highest BCUT2D eigenvalue weighted by atomic mass is 19.1. The lowest BCUT2D eigenvalue weighted by atomic mass is 9.97. The van der Waals surface area contributed by atoms with Gasteiger partial charge in [-0.3, -0.25) is 0 Å². The number of carbonyl (C=O) groups excluding carboxylic acids is 1. The van der Waals surface area contributed by atoms with E-state index in [0.29, 0.717) is 11.5 Å². The summed E-state index contributed by atoms with van der Waals surface area (Å²) < 4.78 is 18.1. The molecule has 1 aromatic rings. The molecule has 1 heterocycles. The lowest BCUT2D eigenvalue weighted by Gasteiger charge is -2.15. The van der Waals surface area contributed by atoms with Crippen LogP contribution in [0.1, 0.15) is 26.3 Å². The molecule has 2 rings (SSSR count). The Hall–Kier alpha value is -1.97. The Morgan fingerprint density at radius 2 is 2.06 bits per heavy atom. The Kier molecular flexibility index (Phi) is 3.03. The minimum absolute atomic E-state index is 0.200. The largest absolute Gasteiger partial charge is 0.406 e. The zero-order valence-electron chi connectivity index (χ0n) is 10.5. The van der Waals surface area contributed by atoms with Crippen molar-refractivity contribution in [3.05, 3.63) is 41.3 Å². The first-order valence-corrected chi connectivity index (χ1v) is 5.65. The Balaban J connectivity index is 2.34. The van der Waals surface area contributed by atoms with Gasteiger partial charge in [-0.25, -0.2) is 14.2 Å². The van der Waals surface area contributed by atoms with Crippen LogP contribution in [0.25, 0.3) is 6.08 Å². The van der Waals surface area contributed by atoms with Crippen LogP contribution in [0.15, 0.2) is 35.0 Å². The van der Waals surface area contributed by atoms with Crippen LogP contribution in [0.5, 0.6) is 0 Å². The second-order valence-electron chi connectivity index (χ2n) is 5.14. The zero-order chi connectivity index (χ0) is 13.3. The van der Waals surface area contributed by atoms with Gasteiger partial charge in [-0.15, -0.1) is 0 Å². The van der Waals surface area contributed by atoms with Crippen LogP contribution in [-0.2, 0) is 9.53 Å². The first-order valence-electron chi connectivity index (χ1n) is 5.65. The van der Waals surface area contributed by atoms with Gasteiger partial charge < -0.3 is 4.74 Å². The van der Waals surface area contributed by atoms with E-state index in [0.717, 1.165) is 0 Å². The number of esters is 1. The highest BCUT2D eigenvalue weighted by molar-refractivity contribution is 6.08. The molecule has 0 radical (unpaired) electrons. The fraction of sp³-hybridized carbons (Fsp3) is 0.286. The van der Waals surface area contributed by atoms with Crippen LogP contribution in [-0.4, -0.2) is 11.9 Å². The highest BCUT2D eigenvalue weighted by Crippen LogP contribution is 2.25. The third kappa shape index (κ3) is 2.64. The molecule has 0 fully saturated rings. The number of carbonyl (C=O) groups is 1. The van der Waals surface area contributed by atoms with Crippen molar-refractivity contribution in [1.29, 1.82) is 0 Å². The molecule has 18 heavy (non-hydrogen) atoms. The zero-order valence-corrected chi connectivity index (χ0v) is 10.5. The summed E-state index contributed by atoms with van der Waals surface area (Å²) in [5.41, 5.74) is 0.457. The molecule has 0 atom stereocenters. The molecule has 1 aromatic carbocycles. The van der Waals surface area contributed by atoms with Crippen molar-refractivity contribution in [2.45, 2.75) is 20.8 Å². The molecule has 0 saturated heterocycles. The van der Waals surface area contributed by atoms with Gasteiger partial charge in [0.2, 0.25) is 5.90 Å². The summed E-state index contributed by atoms with van der Waals surface area (Å²) in [6.07, 6.45) is 1.52. The quantitative estimate of drug-likeness (QED) is 0.564. The van der Waals surface area contributed by atoms with Gasteiger partial charge in [0.15, 0.2) is 5.70 Å². The van der Waals surface area contributed by atoms with E-state index in [-0.39, 0.29) is 16.9 Å². The number of hydrogen-bond acceptors (Lipinski definition) is 3. The van der Waals surface area contributed by atoms with Crippen molar-refractivity contribution < 1.29 is 13.9 Å². The first kappa shape index (κ1) is 12.5. The maximum absolute atomic E-state index is 13.0. The predicted octanol–water partition coefficient (Wildman–Crippen LogP) is 3.17. The molecule has 0 amide bonds. The predicted molar refractivity (Wildman–Crippen MR) is 67.4 cm³/mol. The van der Waals surface area contributed by atoms with Crippen LogP contribution >= 0.6 is 0 Å². The number of aliphatic imine (C=N–C) groups is 1. The Morgan fingerprint density at radius 1 is 1.33 bits per heavy atom. The van der Waals surface area contributed by atoms with E-state index in [2.05, 4.69) is 4.99 Å². The fourth-order valence-corrected chi connectivity index (χ4v) is 1.48. The molecule has 1 aliphatic heterocycles. The van der Waals surface area contributed by atoms with Gasteiger partial charge in [-0.1, -0.05) is 32.9 Å². The maximum Gasteiger partial charge on any atom is 0.363 e. The number of benzene rings is 1. The SMILES string of the molecule is CC(C)(C)C1=N/C(=C/c2cccc(F)c2)C(=O)O1. The normalized spacial score (nSPS) is 17.9. The van der Waals surface area contributed by atoms with E-state index < -0.39 is 5.97 Å². The molecule has 0 saturated carbocycles. The Morgan fingerprint density at radius 3 is 2.61 bits per heavy atom. The van der Waals surface area contributed by atoms with Crippen molar-refractivity contribution in [2.24, 2.45) is 10.4 Å². The second kappa shape index (κ2) is 4.37. The van der Waals surface area contributed by atoms with Gasteiger partial charge in [0.1, 0.15) is 5.82 Å². The van der Waals surface area contributed by atoms with Gasteiger partial charge >= 0.3 is 5.97 Å². The summed E-state index contributed by atoms with van der Waals surface area (Å²) >= 11 is 0. The maximum atomic E-state index is 13.0.